The van der Waals surface area contributed by atoms with Crippen LogP contribution in [0.4, 0.5) is 4.39 Å². The normalized spacial score (nSPS) is 10.5. The van der Waals surface area contributed by atoms with Gasteiger partial charge in [0.15, 0.2) is 0 Å². The second-order valence-electron chi connectivity index (χ2n) is 4.62. The smallest absolute Gasteiger partial charge is 0.255 e. The minimum atomic E-state index is -0.377. The summed E-state index contributed by atoms with van der Waals surface area (Å²) in [5, 5.41) is 0. The van der Waals surface area contributed by atoms with E-state index in [1.54, 1.807) is 6.07 Å². The lowest BCUT2D eigenvalue weighted by Gasteiger charge is -2.23. The van der Waals surface area contributed by atoms with Gasteiger partial charge in [-0.05, 0) is 47.0 Å². The largest absolute Gasteiger partial charge is 0.339 e. The highest BCUT2D eigenvalue weighted by Gasteiger charge is 2.18. The van der Waals surface area contributed by atoms with Crippen molar-refractivity contribution in [3.8, 4) is 0 Å². The molecule has 4 heteroatoms. The number of hydrogen-bond acceptors (Lipinski definition) is 1. The van der Waals surface area contributed by atoms with Gasteiger partial charge in [0.1, 0.15) is 5.82 Å². The number of unbranched alkanes of at least 4 members (excludes halogenated alkanes) is 2. The van der Waals surface area contributed by atoms with Crippen LogP contribution >= 0.6 is 15.9 Å². The van der Waals surface area contributed by atoms with Gasteiger partial charge in [-0.3, -0.25) is 4.79 Å². The molecule has 0 bridgehead atoms. The van der Waals surface area contributed by atoms with Crippen LogP contribution < -0.4 is 0 Å². The van der Waals surface area contributed by atoms with E-state index in [0.717, 1.165) is 38.8 Å². The maximum Gasteiger partial charge on any atom is 0.255 e. The fraction of sp³-hybridized carbons (Fsp3) is 0.533. The van der Waals surface area contributed by atoms with E-state index in [9.17, 15) is 9.18 Å². The third-order valence-electron chi connectivity index (χ3n) is 3.01. The summed E-state index contributed by atoms with van der Waals surface area (Å²) in [6.07, 6.45) is 4.03. The van der Waals surface area contributed by atoms with Crippen LogP contribution in [0.3, 0.4) is 0 Å². The van der Waals surface area contributed by atoms with Crippen LogP contribution in [0, 0.1) is 5.82 Å². The highest BCUT2D eigenvalue weighted by molar-refractivity contribution is 9.10. The summed E-state index contributed by atoms with van der Waals surface area (Å²) in [4.78, 5) is 14.3. The predicted molar refractivity (Wildman–Crippen MR) is 79.8 cm³/mol. The summed E-state index contributed by atoms with van der Waals surface area (Å²) in [5.41, 5.74) is 0.409. The molecule has 19 heavy (non-hydrogen) atoms. The molecule has 0 N–H and O–H groups in total. The summed E-state index contributed by atoms with van der Waals surface area (Å²) in [7, 11) is 0. The molecule has 1 aromatic carbocycles. The van der Waals surface area contributed by atoms with Gasteiger partial charge < -0.3 is 4.90 Å². The van der Waals surface area contributed by atoms with Crippen LogP contribution in [-0.4, -0.2) is 23.9 Å². The van der Waals surface area contributed by atoms with Crippen molar-refractivity contribution in [3.05, 3.63) is 34.1 Å². The lowest BCUT2D eigenvalue weighted by atomic mass is 10.1. The average Bonchev–Trinajstić information content (AvgIpc) is 2.41. The van der Waals surface area contributed by atoms with Crippen LogP contribution in [0.25, 0.3) is 0 Å². The minimum absolute atomic E-state index is 0.0896. The van der Waals surface area contributed by atoms with Gasteiger partial charge in [0, 0.05) is 17.6 Å². The van der Waals surface area contributed by atoms with Crippen LogP contribution in [0.5, 0.6) is 0 Å². The van der Waals surface area contributed by atoms with Gasteiger partial charge in [0.25, 0.3) is 5.91 Å². The molecule has 0 aliphatic heterocycles. The molecule has 1 rings (SSSR count). The number of benzene rings is 1. The molecule has 0 aliphatic rings. The fourth-order valence-corrected chi connectivity index (χ4v) is 2.26. The van der Waals surface area contributed by atoms with Gasteiger partial charge in [0.2, 0.25) is 0 Å². The molecule has 0 unspecified atom stereocenters. The Morgan fingerprint density at radius 3 is 2.32 bits per heavy atom. The molecule has 0 spiro atoms. The number of rotatable bonds is 7. The molecule has 0 atom stereocenters. The van der Waals surface area contributed by atoms with Gasteiger partial charge in [-0.2, -0.15) is 0 Å². The number of amides is 1. The van der Waals surface area contributed by atoms with Gasteiger partial charge in [-0.15, -0.1) is 0 Å². The Bertz CT molecular complexity index is 415. The Balaban J connectivity index is 2.87. The third kappa shape index (κ3) is 4.94. The first-order chi connectivity index (χ1) is 9.10. The molecule has 0 saturated heterocycles. The van der Waals surface area contributed by atoms with E-state index in [-0.39, 0.29) is 11.7 Å². The minimum Gasteiger partial charge on any atom is -0.339 e. The zero-order valence-electron chi connectivity index (χ0n) is 11.6. The van der Waals surface area contributed by atoms with E-state index in [1.165, 1.54) is 12.1 Å². The van der Waals surface area contributed by atoms with Crippen molar-refractivity contribution < 1.29 is 9.18 Å². The van der Waals surface area contributed by atoms with Crippen molar-refractivity contribution in [2.75, 3.05) is 13.1 Å². The molecular weight excluding hydrogens is 309 g/mol. The number of hydrogen-bond donors (Lipinski definition) is 0. The van der Waals surface area contributed by atoms with Crippen molar-refractivity contribution >= 4 is 21.8 Å². The molecule has 0 aromatic heterocycles. The van der Waals surface area contributed by atoms with Crippen LogP contribution in [0.2, 0.25) is 0 Å². The van der Waals surface area contributed by atoms with Gasteiger partial charge in [-0.1, -0.05) is 26.7 Å². The molecule has 1 aromatic rings. The summed E-state index contributed by atoms with van der Waals surface area (Å²) in [6, 6.07) is 4.24. The third-order valence-corrected chi connectivity index (χ3v) is 3.70. The second kappa shape index (κ2) is 8.31. The highest BCUT2D eigenvalue weighted by Crippen LogP contribution is 2.20. The van der Waals surface area contributed by atoms with Gasteiger partial charge in [-0.25, -0.2) is 4.39 Å². The lowest BCUT2D eigenvalue weighted by Crippen LogP contribution is -2.33. The van der Waals surface area contributed by atoms with Crippen LogP contribution in [0.15, 0.2) is 22.7 Å². The summed E-state index contributed by atoms with van der Waals surface area (Å²) in [6.45, 7) is 5.66. The number of carbonyl (C=O) groups excluding carboxylic acids is 1. The lowest BCUT2D eigenvalue weighted by molar-refractivity contribution is 0.0749. The first kappa shape index (κ1) is 16.2. The Morgan fingerprint density at radius 1 is 1.21 bits per heavy atom. The Morgan fingerprint density at radius 2 is 1.79 bits per heavy atom. The summed E-state index contributed by atoms with van der Waals surface area (Å²) < 4.78 is 13.9. The zero-order chi connectivity index (χ0) is 14.3. The maximum absolute atomic E-state index is 13.3. The van der Waals surface area contributed by atoms with Crippen molar-refractivity contribution in [1.82, 2.24) is 4.90 Å². The van der Waals surface area contributed by atoms with E-state index in [4.69, 9.17) is 0 Å². The van der Waals surface area contributed by atoms with E-state index in [0.29, 0.717) is 10.0 Å². The summed E-state index contributed by atoms with van der Waals surface area (Å²) >= 11 is 3.32. The van der Waals surface area contributed by atoms with Gasteiger partial charge in [0.05, 0.1) is 5.56 Å². The van der Waals surface area contributed by atoms with E-state index in [2.05, 4.69) is 29.8 Å². The molecule has 0 radical (unpaired) electrons. The van der Waals surface area contributed by atoms with Crippen molar-refractivity contribution in [2.24, 2.45) is 0 Å². The topological polar surface area (TPSA) is 20.3 Å². The van der Waals surface area contributed by atoms with Crippen LogP contribution in [0.1, 0.15) is 49.9 Å². The molecule has 1 amide bonds. The van der Waals surface area contributed by atoms with Crippen molar-refractivity contribution in [2.45, 2.75) is 39.5 Å². The predicted octanol–water partition coefficient (Wildman–Crippen LogP) is 4.63. The molecule has 2 nitrogen and oxygen atoms in total. The number of carbonyl (C=O) groups is 1. The van der Waals surface area contributed by atoms with Crippen LogP contribution in [-0.2, 0) is 0 Å². The monoisotopic (exact) mass is 329 g/mol. The Labute approximate surface area is 123 Å². The number of halogens is 2. The number of nitrogens with zero attached hydrogens (tertiary/aromatic N) is 1. The highest BCUT2D eigenvalue weighted by atomic mass is 79.9. The maximum atomic E-state index is 13.3. The quantitative estimate of drug-likeness (QED) is 0.714. The fourth-order valence-electron chi connectivity index (χ4n) is 1.84. The molecule has 106 valence electrons. The average molecular weight is 330 g/mol. The zero-order valence-corrected chi connectivity index (χ0v) is 13.2. The Hall–Kier alpha value is -0.900. The van der Waals surface area contributed by atoms with E-state index in [1.807, 2.05) is 4.90 Å². The molecule has 0 fully saturated rings. The Kier molecular flexibility index (Phi) is 7.06. The van der Waals surface area contributed by atoms with E-state index >= 15 is 0 Å². The molecule has 0 aliphatic carbocycles. The molecule has 0 saturated carbocycles. The van der Waals surface area contributed by atoms with E-state index < -0.39 is 0 Å². The second-order valence-corrected chi connectivity index (χ2v) is 5.48. The van der Waals surface area contributed by atoms with Crippen molar-refractivity contribution in [1.29, 1.82) is 0 Å². The van der Waals surface area contributed by atoms with Gasteiger partial charge >= 0.3 is 0 Å². The molecular formula is C15H21BrFNO. The first-order valence-electron chi connectivity index (χ1n) is 6.84. The van der Waals surface area contributed by atoms with Crippen molar-refractivity contribution in [3.63, 3.8) is 0 Å². The molecule has 0 heterocycles. The first-order valence-corrected chi connectivity index (χ1v) is 7.63. The SMILES string of the molecule is CCCCN(CCCC)C(=O)c1cc(F)ccc1Br. The summed E-state index contributed by atoms with van der Waals surface area (Å²) in [5.74, 6) is -0.467. The standard InChI is InChI=1S/C15H21BrFNO/c1-3-5-9-18(10-6-4-2)15(19)13-11-12(17)7-8-14(13)16/h7-8,11H,3-6,9-10H2,1-2H3.